The van der Waals surface area contributed by atoms with Gasteiger partial charge in [0.1, 0.15) is 17.9 Å². The molecule has 2 aromatic rings. The van der Waals surface area contributed by atoms with Gasteiger partial charge < -0.3 is 10.1 Å². The zero-order chi connectivity index (χ0) is 13.0. The predicted octanol–water partition coefficient (Wildman–Crippen LogP) is 1.35. The smallest absolute Gasteiger partial charge is 0.335 e. The van der Waals surface area contributed by atoms with Crippen molar-refractivity contribution in [3.8, 4) is 6.01 Å². The molecule has 0 aliphatic heterocycles. The number of nitrogens with zero attached hydrogens (tertiary/aromatic N) is 4. The number of ether oxygens (including phenoxy) is 1. The minimum absolute atomic E-state index is 0.382. The van der Waals surface area contributed by atoms with Crippen LogP contribution in [0.5, 0.6) is 6.01 Å². The average molecular weight is 267 g/mol. The van der Waals surface area contributed by atoms with Crippen LogP contribution in [0.2, 0.25) is 0 Å². The number of thiazole rings is 1. The summed E-state index contributed by atoms with van der Waals surface area (Å²) >= 11 is 1.63. The standard InChI is InChI=1S/C11H17N5OS/c1-8(2)12-4-10-14-9(6-18-10)5-17-11-13-7-16(3)15-11/h6-8,12H,4-5H2,1-3H3. The normalized spacial score (nSPS) is 11.1. The molecular weight excluding hydrogens is 250 g/mol. The summed E-state index contributed by atoms with van der Waals surface area (Å²) in [6, 6.07) is 0.846. The first-order chi connectivity index (χ1) is 8.63. The molecule has 2 heterocycles. The largest absolute Gasteiger partial charge is 0.456 e. The monoisotopic (exact) mass is 267 g/mol. The Morgan fingerprint density at radius 3 is 3.00 bits per heavy atom. The molecule has 0 unspecified atom stereocenters. The fourth-order valence-corrected chi connectivity index (χ4v) is 2.04. The van der Waals surface area contributed by atoms with E-state index >= 15 is 0 Å². The highest BCUT2D eigenvalue weighted by atomic mass is 32.1. The molecule has 0 saturated heterocycles. The van der Waals surface area contributed by atoms with Crippen molar-refractivity contribution in [2.24, 2.45) is 7.05 Å². The van der Waals surface area contributed by atoms with Crippen LogP contribution in [-0.2, 0) is 20.2 Å². The van der Waals surface area contributed by atoms with E-state index in [4.69, 9.17) is 4.74 Å². The summed E-state index contributed by atoms with van der Waals surface area (Å²) in [5, 5.41) is 10.4. The molecule has 2 aromatic heterocycles. The fraction of sp³-hybridized carbons (Fsp3) is 0.545. The Morgan fingerprint density at radius 1 is 1.50 bits per heavy atom. The Kier molecular flexibility index (Phi) is 4.27. The molecule has 0 fully saturated rings. The lowest BCUT2D eigenvalue weighted by Gasteiger charge is -2.04. The van der Waals surface area contributed by atoms with Crippen LogP contribution in [0.4, 0.5) is 0 Å². The van der Waals surface area contributed by atoms with Gasteiger partial charge in [-0.05, 0) is 0 Å². The second kappa shape index (κ2) is 5.92. The van der Waals surface area contributed by atoms with Crippen LogP contribution >= 0.6 is 11.3 Å². The third-order valence-corrected chi connectivity index (χ3v) is 3.09. The zero-order valence-corrected chi connectivity index (χ0v) is 11.6. The molecule has 0 saturated carbocycles. The Balaban J connectivity index is 1.83. The van der Waals surface area contributed by atoms with Gasteiger partial charge in [0.2, 0.25) is 0 Å². The lowest BCUT2D eigenvalue weighted by Crippen LogP contribution is -2.21. The van der Waals surface area contributed by atoms with E-state index in [1.54, 1.807) is 29.4 Å². The van der Waals surface area contributed by atoms with Gasteiger partial charge >= 0.3 is 6.01 Å². The van der Waals surface area contributed by atoms with Crippen LogP contribution in [0, 0.1) is 0 Å². The lowest BCUT2D eigenvalue weighted by atomic mass is 10.4. The maximum atomic E-state index is 5.43. The molecule has 0 aliphatic carbocycles. The summed E-state index contributed by atoms with van der Waals surface area (Å²) in [5.41, 5.74) is 0.910. The molecule has 18 heavy (non-hydrogen) atoms. The van der Waals surface area contributed by atoms with E-state index in [1.807, 2.05) is 5.38 Å². The second-order valence-electron chi connectivity index (χ2n) is 4.26. The van der Waals surface area contributed by atoms with Gasteiger partial charge in [-0.3, -0.25) is 4.68 Å². The van der Waals surface area contributed by atoms with E-state index in [9.17, 15) is 0 Å². The number of aromatic nitrogens is 4. The first-order valence-electron chi connectivity index (χ1n) is 5.78. The Hall–Kier alpha value is -1.47. The van der Waals surface area contributed by atoms with Crippen molar-refractivity contribution >= 4 is 11.3 Å². The van der Waals surface area contributed by atoms with Crippen LogP contribution in [0.1, 0.15) is 24.5 Å². The fourth-order valence-electron chi connectivity index (χ4n) is 1.31. The molecule has 2 rings (SSSR count). The van der Waals surface area contributed by atoms with Crippen molar-refractivity contribution in [3.05, 3.63) is 22.4 Å². The SMILES string of the molecule is CC(C)NCc1nc(COc2ncn(C)n2)cs1. The van der Waals surface area contributed by atoms with Gasteiger partial charge in [-0.25, -0.2) is 4.98 Å². The predicted molar refractivity (Wildman–Crippen MR) is 69.4 cm³/mol. The molecule has 1 N–H and O–H groups in total. The summed E-state index contributed by atoms with van der Waals surface area (Å²) in [6.07, 6.45) is 1.61. The van der Waals surface area contributed by atoms with Crippen molar-refractivity contribution in [2.45, 2.75) is 33.0 Å². The molecule has 0 radical (unpaired) electrons. The molecule has 0 amide bonds. The Labute approximate surface area is 110 Å². The van der Waals surface area contributed by atoms with Crippen LogP contribution in [-0.4, -0.2) is 25.8 Å². The average Bonchev–Trinajstić information content (AvgIpc) is 2.93. The molecule has 0 spiro atoms. The minimum Gasteiger partial charge on any atom is -0.456 e. The quantitative estimate of drug-likeness (QED) is 0.856. The highest BCUT2D eigenvalue weighted by molar-refractivity contribution is 7.09. The van der Waals surface area contributed by atoms with Crippen molar-refractivity contribution in [1.82, 2.24) is 25.1 Å². The topological polar surface area (TPSA) is 64.9 Å². The number of rotatable bonds is 6. The van der Waals surface area contributed by atoms with Gasteiger partial charge in [0, 0.05) is 25.0 Å². The highest BCUT2D eigenvalue weighted by Crippen LogP contribution is 2.11. The molecule has 98 valence electrons. The van der Waals surface area contributed by atoms with E-state index < -0.39 is 0 Å². The van der Waals surface area contributed by atoms with Gasteiger partial charge in [0.05, 0.1) is 5.69 Å². The first-order valence-corrected chi connectivity index (χ1v) is 6.66. The zero-order valence-electron chi connectivity index (χ0n) is 10.8. The molecule has 0 aromatic carbocycles. The number of hydrogen-bond donors (Lipinski definition) is 1. The van der Waals surface area contributed by atoms with Gasteiger partial charge in [-0.1, -0.05) is 13.8 Å². The highest BCUT2D eigenvalue weighted by Gasteiger charge is 2.05. The van der Waals surface area contributed by atoms with Gasteiger partial charge in [-0.15, -0.1) is 16.4 Å². The molecule has 6 nitrogen and oxygen atoms in total. The van der Waals surface area contributed by atoms with Gasteiger partial charge in [-0.2, -0.15) is 4.98 Å². The molecule has 0 bridgehead atoms. The number of hydrogen-bond acceptors (Lipinski definition) is 6. The minimum atomic E-state index is 0.382. The van der Waals surface area contributed by atoms with Crippen LogP contribution in [0.25, 0.3) is 0 Å². The summed E-state index contributed by atoms with van der Waals surface area (Å²) in [7, 11) is 1.80. The van der Waals surface area contributed by atoms with E-state index in [2.05, 4.69) is 34.2 Å². The van der Waals surface area contributed by atoms with Crippen LogP contribution in [0.3, 0.4) is 0 Å². The number of nitrogens with one attached hydrogen (secondary N) is 1. The Bertz CT molecular complexity index is 493. The molecule has 7 heteroatoms. The summed E-state index contributed by atoms with van der Waals surface area (Å²) in [6.45, 7) is 5.43. The summed E-state index contributed by atoms with van der Waals surface area (Å²) in [5.74, 6) is 0. The first kappa shape index (κ1) is 13.0. The van der Waals surface area contributed by atoms with E-state index in [1.165, 1.54) is 0 Å². The molecule has 0 aliphatic rings. The summed E-state index contributed by atoms with van der Waals surface area (Å²) in [4.78, 5) is 8.46. The van der Waals surface area contributed by atoms with Gasteiger partial charge in [0.25, 0.3) is 0 Å². The molecular formula is C11H17N5OS. The van der Waals surface area contributed by atoms with E-state index in [0.29, 0.717) is 18.7 Å². The summed E-state index contributed by atoms with van der Waals surface area (Å²) < 4.78 is 7.04. The van der Waals surface area contributed by atoms with Crippen molar-refractivity contribution < 1.29 is 4.74 Å². The number of aryl methyl sites for hydroxylation is 1. The van der Waals surface area contributed by atoms with Crippen molar-refractivity contribution in [2.75, 3.05) is 0 Å². The van der Waals surface area contributed by atoms with Crippen LogP contribution < -0.4 is 10.1 Å². The van der Waals surface area contributed by atoms with E-state index in [0.717, 1.165) is 17.2 Å². The Morgan fingerprint density at radius 2 is 2.33 bits per heavy atom. The lowest BCUT2D eigenvalue weighted by molar-refractivity contribution is 0.276. The van der Waals surface area contributed by atoms with E-state index in [-0.39, 0.29) is 0 Å². The van der Waals surface area contributed by atoms with Crippen LogP contribution in [0.15, 0.2) is 11.7 Å². The maximum absolute atomic E-state index is 5.43. The third kappa shape index (κ3) is 3.78. The third-order valence-electron chi connectivity index (χ3n) is 2.19. The van der Waals surface area contributed by atoms with Gasteiger partial charge in [0.15, 0.2) is 0 Å². The maximum Gasteiger partial charge on any atom is 0.335 e. The second-order valence-corrected chi connectivity index (χ2v) is 5.20. The van der Waals surface area contributed by atoms with Crippen molar-refractivity contribution in [3.63, 3.8) is 0 Å². The molecule has 0 atom stereocenters. The van der Waals surface area contributed by atoms with Crippen molar-refractivity contribution in [1.29, 1.82) is 0 Å².